The van der Waals surface area contributed by atoms with Gasteiger partial charge in [0.25, 0.3) is 10.1 Å². The third-order valence-corrected chi connectivity index (χ3v) is 6.63. The molecule has 22 heavy (non-hydrogen) atoms. The Hall–Kier alpha value is -0.170. The standard InChI is InChI=1S/C16H30O5S/c1-14(2,17)11-6-8-15(3)9-7-13(21-22(5,19)20)16(4,18)12(15)10-11/h11-13,17-18H,6-10H2,1-5H3/t11-,12+,13+,15-,16-/m0/s1. The molecule has 2 rings (SSSR count). The zero-order valence-corrected chi connectivity index (χ0v) is 15.1. The number of aliphatic hydroxyl groups is 2. The topological polar surface area (TPSA) is 83.8 Å². The Balaban J connectivity index is 2.28. The molecule has 0 radical (unpaired) electrons. The first-order valence-electron chi connectivity index (χ1n) is 8.09. The third kappa shape index (κ3) is 3.50. The van der Waals surface area contributed by atoms with E-state index in [-0.39, 0.29) is 17.3 Å². The molecule has 0 aromatic carbocycles. The second-order valence-electron chi connectivity index (χ2n) is 8.39. The zero-order chi connectivity index (χ0) is 17.0. The summed E-state index contributed by atoms with van der Waals surface area (Å²) in [7, 11) is -3.60. The second-order valence-corrected chi connectivity index (χ2v) is 9.99. The molecule has 2 aliphatic carbocycles. The predicted molar refractivity (Wildman–Crippen MR) is 84.8 cm³/mol. The molecular formula is C16H30O5S. The Morgan fingerprint density at radius 2 is 1.73 bits per heavy atom. The van der Waals surface area contributed by atoms with Crippen molar-refractivity contribution in [3.05, 3.63) is 0 Å². The Bertz CT molecular complexity index is 519. The van der Waals surface area contributed by atoms with Crippen LogP contribution in [0.4, 0.5) is 0 Å². The minimum absolute atomic E-state index is 0.0252. The van der Waals surface area contributed by atoms with Gasteiger partial charge in [0.2, 0.25) is 0 Å². The van der Waals surface area contributed by atoms with E-state index < -0.39 is 27.4 Å². The molecule has 5 nitrogen and oxygen atoms in total. The summed E-state index contributed by atoms with van der Waals surface area (Å²) in [6, 6.07) is 0. The molecule has 2 saturated carbocycles. The molecule has 0 aromatic heterocycles. The predicted octanol–water partition coefficient (Wildman–Crippen LogP) is 2.07. The first-order chi connectivity index (χ1) is 9.76. The van der Waals surface area contributed by atoms with Crippen LogP contribution in [-0.2, 0) is 14.3 Å². The Labute approximate surface area is 134 Å². The molecule has 5 atom stereocenters. The molecular weight excluding hydrogens is 304 g/mol. The van der Waals surface area contributed by atoms with Gasteiger partial charge in [-0.2, -0.15) is 8.42 Å². The molecule has 0 heterocycles. The summed E-state index contributed by atoms with van der Waals surface area (Å²) in [5.41, 5.74) is -2.02. The van der Waals surface area contributed by atoms with Crippen LogP contribution in [0.5, 0.6) is 0 Å². The maximum absolute atomic E-state index is 11.5. The highest BCUT2D eigenvalue weighted by molar-refractivity contribution is 7.86. The molecule has 0 amide bonds. The zero-order valence-electron chi connectivity index (χ0n) is 14.3. The minimum atomic E-state index is -3.60. The largest absolute Gasteiger partial charge is 0.390 e. The van der Waals surface area contributed by atoms with E-state index in [2.05, 4.69) is 6.92 Å². The van der Waals surface area contributed by atoms with Crippen LogP contribution in [0.15, 0.2) is 0 Å². The van der Waals surface area contributed by atoms with Gasteiger partial charge in [0.1, 0.15) is 6.10 Å². The highest BCUT2D eigenvalue weighted by Gasteiger charge is 2.57. The van der Waals surface area contributed by atoms with Crippen LogP contribution in [0.25, 0.3) is 0 Å². The van der Waals surface area contributed by atoms with Crippen LogP contribution in [0.1, 0.15) is 59.8 Å². The second kappa shape index (κ2) is 5.43. The SMILES string of the molecule is CC(C)(O)[C@H]1CC[C@@]2(C)CC[C@@H](OS(C)(=O)=O)[C@@](C)(O)[C@@H]2C1. The lowest BCUT2D eigenvalue weighted by Gasteiger charge is -2.57. The van der Waals surface area contributed by atoms with Crippen LogP contribution in [-0.4, -0.2) is 42.2 Å². The van der Waals surface area contributed by atoms with Crippen molar-refractivity contribution < 1.29 is 22.8 Å². The molecule has 0 bridgehead atoms. The lowest BCUT2D eigenvalue weighted by atomic mass is 9.51. The molecule has 2 aliphatic rings. The summed E-state index contributed by atoms with van der Waals surface area (Å²) in [5, 5.41) is 21.4. The van der Waals surface area contributed by atoms with Gasteiger partial charge in [0.15, 0.2) is 0 Å². The molecule has 0 unspecified atom stereocenters. The number of hydrogen-bond donors (Lipinski definition) is 2. The van der Waals surface area contributed by atoms with Crippen molar-refractivity contribution in [2.45, 2.75) is 77.1 Å². The van der Waals surface area contributed by atoms with Gasteiger partial charge in [0.05, 0.1) is 17.5 Å². The molecule has 0 spiro atoms. The smallest absolute Gasteiger partial charge is 0.264 e. The quantitative estimate of drug-likeness (QED) is 0.772. The van der Waals surface area contributed by atoms with E-state index >= 15 is 0 Å². The van der Waals surface area contributed by atoms with Gasteiger partial charge < -0.3 is 10.2 Å². The van der Waals surface area contributed by atoms with Crippen molar-refractivity contribution in [1.82, 2.24) is 0 Å². The summed E-state index contributed by atoms with van der Waals surface area (Å²) in [6.45, 7) is 7.48. The Morgan fingerprint density at radius 1 is 1.18 bits per heavy atom. The summed E-state index contributed by atoms with van der Waals surface area (Å²) in [5.74, 6) is 0.0275. The molecule has 2 N–H and O–H groups in total. The van der Waals surface area contributed by atoms with Crippen molar-refractivity contribution in [2.75, 3.05) is 6.26 Å². The van der Waals surface area contributed by atoms with Gasteiger partial charge in [-0.15, -0.1) is 0 Å². The van der Waals surface area contributed by atoms with Crippen molar-refractivity contribution in [3.8, 4) is 0 Å². The average Bonchev–Trinajstić information content (AvgIpc) is 2.30. The van der Waals surface area contributed by atoms with Crippen LogP contribution < -0.4 is 0 Å². The van der Waals surface area contributed by atoms with E-state index in [0.717, 1.165) is 25.5 Å². The fourth-order valence-electron chi connectivity index (χ4n) is 4.58. The highest BCUT2D eigenvalue weighted by atomic mass is 32.2. The lowest BCUT2D eigenvalue weighted by Crippen LogP contribution is -2.60. The molecule has 2 fully saturated rings. The van der Waals surface area contributed by atoms with Crippen LogP contribution in [0.2, 0.25) is 0 Å². The van der Waals surface area contributed by atoms with E-state index in [0.29, 0.717) is 12.8 Å². The van der Waals surface area contributed by atoms with Gasteiger partial charge in [-0.3, -0.25) is 4.18 Å². The van der Waals surface area contributed by atoms with Crippen molar-refractivity contribution in [1.29, 1.82) is 0 Å². The van der Waals surface area contributed by atoms with Gasteiger partial charge in [-0.1, -0.05) is 6.92 Å². The normalized spacial score (nSPS) is 43.7. The number of hydrogen-bond acceptors (Lipinski definition) is 5. The number of rotatable bonds is 3. The fraction of sp³-hybridized carbons (Fsp3) is 1.00. The van der Waals surface area contributed by atoms with E-state index in [1.807, 2.05) is 13.8 Å². The van der Waals surface area contributed by atoms with Crippen molar-refractivity contribution in [3.63, 3.8) is 0 Å². The Kier molecular flexibility index (Phi) is 4.49. The summed E-state index contributed by atoms with van der Waals surface area (Å²) < 4.78 is 28.1. The molecule has 0 saturated heterocycles. The van der Waals surface area contributed by atoms with E-state index in [1.54, 1.807) is 6.92 Å². The van der Waals surface area contributed by atoms with Crippen LogP contribution in [0, 0.1) is 17.3 Å². The number of fused-ring (bicyclic) bond motifs is 1. The van der Waals surface area contributed by atoms with E-state index in [1.165, 1.54) is 0 Å². The Morgan fingerprint density at radius 3 is 2.23 bits per heavy atom. The summed E-state index contributed by atoms with van der Waals surface area (Å²) in [4.78, 5) is 0. The fourth-order valence-corrected chi connectivity index (χ4v) is 5.30. The highest BCUT2D eigenvalue weighted by Crippen LogP contribution is 2.57. The molecule has 0 aromatic rings. The molecule has 130 valence electrons. The first kappa shape index (κ1) is 18.2. The summed E-state index contributed by atoms with van der Waals surface area (Å²) in [6.07, 6.45) is 4.26. The van der Waals surface area contributed by atoms with Gasteiger partial charge in [-0.05, 0) is 70.1 Å². The third-order valence-electron chi connectivity index (χ3n) is 6.05. The maximum Gasteiger partial charge on any atom is 0.264 e. The maximum atomic E-state index is 11.5. The molecule has 0 aliphatic heterocycles. The monoisotopic (exact) mass is 334 g/mol. The van der Waals surface area contributed by atoms with Crippen LogP contribution in [0.3, 0.4) is 0 Å². The van der Waals surface area contributed by atoms with E-state index in [4.69, 9.17) is 4.18 Å². The minimum Gasteiger partial charge on any atom is -0.390 e. The van der Waals surface area contributed by atoms with Crippen molar-refractivity contribution in [2.24, 2.45) is 17.3 Å². The van der Waals surface area contributed by atoms with Gasteiger partial charge in [-0.25, -0.2) is 0 Å². The lowest BCUT2D eigenvalue weighted by molar-refractivity contribution is -0.186. The van der Waals surface area contributed by atoms with Crippen molar-refractivity contribution >= 4 is 10.1 Å². The van der Waals surface area contributed by atoms with Crippen LogP contribution >= 0.6 is 0 Å². The summed E-state index contributed by atoms with van der Waals surface area (Å²) >= 11 is 0. The van der Waals surface area contributed by atoms with Gasteiger partial charge >= 0.3 is 0 Å². The average molecular weight is 334 g/mol. The van der Waals surface area contributed by atoms with Gasteiger partial charge in [0, 0.05) is 0 Å². The van der Waals surface area contributed by atoms with E-state index in [9.17, 15) is 18.6 Å². The first-order valence-corrected chi connectivity index (χ1v) is 9.90. The molecule has 6 heteroatoms.